The summed E-state index contributed by atoms with van der Waals surface area (Å²) in [7, 11) is 0. The molecule has 1 atom stereocenters. The predicted octanol–water partition coefficient (Wildman–Crippen LogP) is 1.36. The Balaban J connectivity index is 2.12. The van der Waals surface area contributed by atoms with E-state index in [1.165, 1.54) is 12.4 Å². The molecule has 1 aliphatic rings. The van der Waals surface area contributed by atoms with E-state index in [1.54, 1.807) is 4.68 Å². The third kappa shape index (κ3) is 1.70. The molecule has 13 heavy (non-hydrogen) atoms. The van der Waals surface area contributed by atoms with Gasteiger partial charge in [0, 0.05) is 12.7 Å². The van der Waals surface area contributed by atoms with Crippen molar-refractivity contribution in [2.75, 3.05) is 13.1 Å². The van der Waals surface area contributed by atoms with Gasteiger partial charge in [0.15, 0.2) is 0 Å². The van der Waals surface area contributed by atoms with Crippen LogP contribution >= 0.6 is 0 Å². The van der Waals surface area contributed by atoms with Gasteiger partial charge in [-0.15, -0.1) is 0 Å². The van der Waals surface area contributed by atoms with Gasteiger partial charge in [0.2, 0.25) is 0 Å². The van der Waals surface area contributed by atoms with Crippen molar-refractivity contribution in [3.63, 3.8) is 0 Å². The van der Waals surface area contributed by atoms with Crippen LogP contribution in [0.4, 0.5) is 8.78 Å². The quantitative estimate of drug-likeness (QED) is 0.757. The molecule has 72 valence electrons. The van der Waals surface area contributed by atoms with Crippen LogP contribution in [-0.2, 0) is 0 Å². The topological polar surface area (TPSA) is 29.9 Å². The van der Waals surface area contributed by atoms with E-state index in [0.717, 1.165) is 19.5 Å². The highest BCUT2D eigenvalue weighted by atomic mass is 19.3. The molecule has 0 aromatic carbocycles. The van der Waals surface area contributed by atoms with Gasteiger partial charge in [-0.25, -0.2) is 8.78 Å². The molecule has 2 heterocycles. The molecule has 1 saturated heterocycles. The van der Waals surface area contributed by atoms with Crippen molar-refractivity contribution >= 4 is 0 Å². The highest BCUT2D eigenvalue weighted by Crippen LogP contribution is 2.20. The lowest BCUT2D eigenvalue weighted by Gasteiger charge is -2.07. The molecule has 5 heteroatoms. The second kappa shape index (κ2) is 3.41. The fraction of sp³-hybridized carbons (Fsp3) is 0.625. The Morgan fingerprint density at radius 2 is 2.46 bits per heavy atom. The van der Waals surface area contributed by atoms with E-state index >= 15 is 0 Å². The third-order valence-electron chi connectivity index (χ3n) is 2.28. The minimum Gasteiger partial charge on any atom is -0.315 e. The van der Waals surface area contributed by atoms with Gasteiger partial charge < -0.3 is 5.32 Å². The first-order valence-electron chi connectivity index (χ1n) is 4.30. The van der Waals surface area contributed by atoms with Crippen LogP contribution in [0.15, 0.2) is 12.4 Å². The lowest BCUT2D eigenvalue weighted by molar-refractivity contribution is 0.151. The Kier molecular flexibility index (Phi) is 2.26. The summed E-state index contributed by atoms with van der Waals surface area (Å²) in [5.74, 6) is 0. The van der Waals surface area contributed by atoms with Crippen molar-refractivity contribution in [2.45, 2.75) is 18.9 Å². The van der Waals surface area contributed by atoms with Gasteiger partial charge in [-0.1, -0.05) is 0 Å². The molecular weight excluding hydrogens is 176 g/mol. The van der Waals surface area contributed by atoms with E-state index < -0.39 is 6.43 Å². The van der Waals surface area contributed by atoms with Crippen LogP contribution in [0.25, 0.3) is 0 Å². The first kappa shape index (κ1) is 8.62. The summed E-state index contributed by atoms with van der Waals surface area (Å²) >= 11 is 0. The average molecular weight is 187 g/mol. The summed E-state index contributed by atoms with van der Waals surface area (Å²) in [5, 5.41) is 7.08. The molecule has 0 spiro atoms. The summed E-state index contributed by atoms with van der Waals surface area (Å²) in [4.78, 5) is 0. The molecule has 1 unspecified atom stereocenters. The molecule has 0 aliphatic carbocycles. The molecule has 3 nitrogen and oxygen atoms in total. The lowest BCUT2D eigenvalue weighted by atomic mass is 10.3. The van der Waals surface area contributed by atoms with Gasteiger partial charge >= 0.3 is 0 Å². The number of hydrogen-bond acceptors (Lipinski definition) is 2. The maximum atomic E-state index is 12.2. The Hall–Kier alpha value is -0.970. The van der Waals surface area contributed by atoms with Crippen LogP contribution in [0, 0.1) is 0 Å². The fourth-order valence-electron chi connectivity index (χ4n) is 1.53. The van der Waals surface area contributed by atoms with Crippen LogP contribution in [0.3, 0.4) is 0 Å². The molecular formula is C8H11F2N3. The van der Waals surface area contributed by atoms with Crippen molar-refractivity contribution in [1.82, 2.24) is 15.1 Å². The van der Waals surface area contributed by atoms with Crippen LogP contribution in [-0.4, -0.2) is 22.9 Å². The van der Waals surface area contributed by atoms with Gasteiger partial charge in [0.1, 0.15) is 0 Å². The number of halogens is 2. The minimum absolute atomic E-state index is 0.00639. The van der Waals surface area contributed by atoms with Crippen molar-refractivity contribution < 1.29 is 8.78 Å². The maximum Gasteiger partial charge on any atom is 0.266 e. The first-order valence-corrected chi connectivity index (χ1v) is 4.30. The van der Waals surface area contributed by atoms with Crippen molar-refractivity contribution in [3.8, 4) is 0 Å². The normalized spacial score (nSPS) is 22.8. The molecule has 0 bridgehead atoms. The molecule has 1 aromatic heterocycles. The standard InChI is InChI=1S/C8H11F2N3/c9-8(10)6-3-12-13(5-6)7-1-2-11-4-7/h3,5,7-8,11H,1-2,4H2. The van der Waals surface area contributed by atoms with Crippen LogP contribution in [0.1, 0.15) is 24.5 Å². The van der Waals surface area contributed by atoms with Gasteiger partial charge in [-0.05, 0) is 13.0 Å². The molecule has 0 amide bonds. The minimum atomic E-state index is -2.41. The van der Waals surface area contributed by atoms with E-state index in [-0.39, 0.29) is 11.6 Å². The zero-order chi connectivity index (χ0) is 9.26. The molecule has 1 aromatic rings. The Morgan fingerprint density at radius 1 is 1.62 bits per heavy atom. The zero-order valence-electron chi connectivity index (χ0n) is 7.08. The van der Waals surface area contributed by atoms with Gasteiger partial charge in [0.25, 0.3) is 6.43 Å². The SMILES string of the molecule is FC(F)c1cnn(C2CCNC2)c1. The second-order valence-corrected chi connectivity index (χ2v) is 3.20. The number of rotatable bonds is 2. The van der Waals surface area contributed by atoms with Crippen LogP contribution < -0.4 is 5.32 Å². The van der Waals surface area contributed by atoms with Crippen LogP contribution in [0.5, 0.6) is 0 Å². The number of nitrogens with one attached hydrogen (secondary N) is 1. The van der Waals surface area contributed by atoms with Crippen molar-refractivity contribution in [1.29, 1.82) is 0 Å². The fourth-order valence-corrected chi connectivity index (χ4v) is 1.53. The van der Waals surface area contributed by atoms with Gasteiger partial charge in [-0.3, -0.25) is 4.68 Å². The maximum absolute atomic E-state index is 12.2. The largest absolute Gasteiger partial charge is 0.315 e. The Bertz CT molecular complexity index is 279. The average Bonchev–Trinajstić information content (AvgIpc) is 2.75. The number of alkyl halides is 2. The lowest BCUT2D eigenvalue weighted by Crippen LogP contribution is -2.13. The first-order chi connectivity index (χ1) is 6.27. The summed E-state index contributed by atoms with van der Waals surface area (Å²) < 4.78 is 26.0. The molecule has 1 fully saturated rings. The molecule has 0 radical (unpaired) electrons. The number of nitrogens with zero attached hydrogens (tertiary/aromatic N) is 2. The van der Waals surface area contributed by atoms with Gasteiger partial charge in [-0.2, -0.15) is 5.10 Å². The van der Waals surface area contributed by atoms with Crippen LogP contribution in [0.2, 0.25) is 0 Å². The van der Waals surface area contributed by atoms with Crippen molar-refractivity contribution in [2.24, 2.45) is 0 Å². The van der Waals surface area contributed by atoms with E-state index in [2.05, 4.69) is 10.4 Å². The number of hydrogen-bond donors (Lipinski definition) is 1. The highest BCUT2D eigenvalue weighted by molar-refractivity contribution is 5.06. The Morgan fingerprint density at radius 3 is 3.00 bits per heavy atom. The highest BCUT2D eigenvalue weighted by Gasteiger charge is 2.18. The summed E-state index contributed by atoms with van der Waals surface area (Å²) in [5.41, 5.74) is 0.00639. The smallest absolute Gasteiger partial charge is 0.266 e. The van der Waals surface area contributed by atoms with E-state index in [9.17, 15) is 8.78 Å². The molecule has 0 saturated carbocycles. The molecule has 1 N–H and O–H groups in total. The third-order valence-corrected chi connectivity index (χ3v) is 2.28. The van der Waals surface area contributed by atoms with Crippen molar-refractivity contribution in [3.05, 3.63) is 18.0 Å². The van der Waals surface area contributed by atoms with Gasteiger partial charge in [0.05, 0.1) is 17.8 Å². The van der Waals surface area contributed by atoms with E-state index in [4.69, 9.17) is 0 Å². The zero-order valence-corrected chi connectivity index (χ0v) is 7.08. The second-order valence-electron chi connectivity index (χ2n) is 3.20. The summed E-state index contributed by atoms with van der Waals surface area (Å²) in [6, 6.07) is 0.243. The summed E-state index contributed by atoms with van der Waals surface area (Å²) in [6.07, 6.45) is 1.22. The van der Waals surface area contributed by atoms with E-state index in [0.29, 0.717) is 0 Å². The predicted molar refractivity (Wildman–Crippen MR) is 43.7 cm³/mol. The Labute approximate surface area is 74.7 Å². The van der Waals surface area contributed by atoms with E-state index in [1.807, 2.05) is 0 Å². The molecule has 1 aliphatic heterocycles. The summed E-state index contributed by atoms with van der Waals surface area (Å²) in [6.45, 7) is 1.76. The number of aromatic nitrogens is 2. The monoisotopic (exact) mass is 187 g/mol. The molecule has 2 rings (SSSR count).